The first-order valence-electron chi connectivity index (χ1n) is 8.73. The van der Waals surface area contributed by atoms with Crippen molar-refractivity contribution in [2.75, 3.05) is 5.32 Å². The van der Waals surface area contributed by atoms with E-state index in [2.05, 4.69) is 46.6 Å². The number of fused-ring (bicyclic) bond motifs is 1. The number of benzene rings is 1. The second-order valence-corrected chi connectivity index (χ2v) is 6.90. The van der Waals surface area contributed by atoms with Gasteiger partial charge in [0.15, 0.2) is 5.78 Å². The highest BCUT2D eigenvalue weighted by Gasteiger charge is 2.39. The molecule has 0 saturated heterocycles. The number of nitrogens with one attached hydrogen (secondary N) is 1. The van der Waals surface area contributed by atoms with Crippen LogP contribution in [0.2, 0.25) is 0 Å². The van der Waals surface area contributed by atoms with E-state index in [1.165, 1.54) is 11.9 Å². The standard InChI is InChI=1S/C20H18N4O2/c1-12-4-6-13(7-5-12)19-18-15(23-20-21-11-22-24(19)20)9-14(10-16(18)25)17-3-2-8-26-17/h2-8,11,14,19H,9-10H2,1H3,(H,21,22,23)/t14-,19-/m1/s1. The van der Waals surface area contributed by atoms with Crippen molar-refractivity contribution >= 4 is 11.7 Å². The van der Waals surface area contributed by atoms with Gasteiger partial charge in [0.2, 0.25) is 5.95 Å². The van der Waals surface area contributed by atoms with Crippen molar-refractivity contribution < 1.29 is 9.21 Å². The summed E-state index contributed by atoms with van der Waals surface area (Å²) in [5.41, 5.74) is 3.94. The summed E-state index contributed by atoms with van der Waals surface area (Å²) in [5, 5.41) is 7.69. The average molecular weight is 346 g/mol. The van der Waals surface area contributed by atoms with Crippen LogP contribution in [0.15, 0.2) is 64.7 Å². The zero-order valence-electron chi connectivity index (χ0n) is 14.3. The first-order valence-corrected chi connectivity index (χ1v) is 8.73. The number of aromatic nitrogens is 3. The lowest BCUT2D eigenvalue weighted by atomic mass is 9.79. The molecule has 0 fully saturated rings. The lowest BCUT2D eigenvalue weighted by Crippen LogP contribution is -2.33. The number of allylic oxidation sites excluding steroid dienone is 2. The van der Waals surface area contributed by atoms with E-state index >= 15 is 0 Å². The summed E-state index contributed by atoms with van der Waals surface area (Å²) >= 11 is 0. The van der Waals surface area contributed by atoms with Crippen LogP contribution in [0.25, 0.3) is 0 Å². The van der Waals surface area contributed by atoms with Gasteiger partial charge >= 0.3 is 0 Å². The third kappa shape index (κ3) is 2.29. The Morgan fingerprint density at radius 3 is 2.81 bits per heavy atom. The minimum absolute atomic E-state index is 0.0527. The normalized spacial score (nSPS) is 22.0. The molecule has 1 aromatic carbocycles. The molecular weight excluding hydrogens is 328 g/mol. The first-order chi connectivity index (χ1) is 12.7. The first kappa shape index (κ1) is 15.1. The Morgan fingerprint density at radius 1 is 1.19 bits per heavy atom. The van der Waals surface area contributed by atoms with Crippen LogP contribution in [0.3, 0.4) is 0 Å². The van der Waals surface area contributed by atoms with Crippen molar-refractivity contribution in [3.05, 3.63) is 77.1 Å². The summed E-state index contributed by atoms with van der Waals surface area (Å²) in [6.07, 6.45) is 4.35. The van der Waals surface area contributed by atoms with Crippen LogP contribution in [0.1, 0.15) is 41.7 Å². The van der Waals surface area contributed by atoms with E-state index < -0.39 is 0 Å². The Morgan fingerprint density at radius 2 is 2.04 bits per heavy atom. The molecule has 0 unspecified atom stereocenters. The number of Topliss-reactive ketones (excluding diaryl/α,β-unsaturated/α-hetero) is 1. The summed E-state index contributed by atoms with van der Waals surface area (Å²) in [7, 11) is 0. The molecule has 0 saturated carbocycles. The van der Waals surface area contributed by atoms with Gasteiger partial charge in [0, 0.05) is 23.6 Å². The van der Waals surface area contributed by atoms with E-state index in [9.17, 15) is 4.79 Å². The minimum Gasteiger partial charge on any atom is -0.469 e. The summed E-state index contributed by atoms with van der Waals surface area (Å²) in [5.74, 6) is 1.71. The average Bonchev–Trinajstić information content (AvgIpc) is 3.32. The molecule has 2 aliphatic rings. The molecule has 3 heterocycles. The fourth-order valence-corrected chi connectivity index (χ4v) is 3.93. The highest BCUT2D eigenvalue weighted by molar-refractivity contribution is 6.00. The number of ketones is 1. The number of carbonyl (C=O) groups is 1. The lowest BCUT2D eigenvalue weighted by molar-refractivity contribution is -0.117. The third-order valence-electron chi connectivity index (χ3n) is 5.20. The van der Waals surface area contributed by atoms with Gasteiger partial charge in [0.05, 0.1) is 6.26 Å². The Kier molecular flexibility index (Phi) is 3.31. The molecule has 130 valence electrons. The predicted octanol–water partition coefficient (Wildman–Crippen LogP) is 3.60. The van der Waals surface area contributed by atoms with Gasteiger partial charge in [0.25, 0.3) is 0 Å². The van der Waals surface area contributed by atoms with E-state index in [4.69, 9.17) is 4.42 Å². The molecule has 6 heteroatoms. The van der Waals surface area contributed by atoms with Crippen molar-refractivity contribution in [2.45, 2.75) is 31.7 Å². The zero-order valence-corrected chi connectivity index (χ0v) is 14.3. The maximum absolute atomic E-state index is 13.1. The molecule has 2 atom stereocenters. The van der Waals surface area contributed by atoms with Crippen LogP contribution in [0.5, 0.6) is 0 Å². The van der Waals surface area contributed by atoms with Gasteiger partial charge in [-0.15, -0.1) is 0 Å². The number of nitrogens with zero attached hydrogens (tertiary/aromatic N) is 3. The van der Waals surface area contributed by atoms with Crippen molar-refractivity contribution in [3.8, 4) is 0 Å². The van der Waals surface area contributed by atoms with Crippen LogP contribution in [0.4, 0.5) is 5.95 Å². The lowest BCUT2D eigenvalue weighted by Gasteiger charge is -2.34. The number of hydrogen-bond donors (Lipinski definition) is 1. The smallest absolute Gasteiger partial charge is 0.226 e. The molecule has 0 amide bonds. The molecule has 6 nitrogen and oxygen atoms in total. The fourth-order valence-electron chi connectivity index (χ4n) is 3.93. The van der Waals surface area contributed by atoms with E-state index in [1.54, 1.807) is 10.9 Å². The minimum atomic E-state index is -0.241. The van der Waals surface area contributed by atoms with E-state index in [1.807, 2.05) is 12.1 Å². The maximum atomic E-state index is 13.1. The summed E-state index contributed by atoms with van der Waals surface area (Å²) in [4.78, 5) is 17.4. The number of rotatable bonds is 2. The van der Waals surface area contributed by atoms with Gasteiger partial charge in [-0.2, -0.15) is 10.1 Å². The molecule has 0 spiro atoms. The van der Waals surface area contributed by atoms with E-state index in [0.29, 0.717) is 12.4 Å². The van der Waals surface area contributed by atoms with E-state index in [-0.39, 0.29) is 17.7 Å². The van der Waals surface area contributed by atoms with Crippen LogP contribution in [-0.4, -0.2) is 20.5 Å². The molecule has 0 bridgehead atoms. The van der Waals surface area contributed by atoms with Crippen molar-refractivity contribution in [2.24, 2.45) is 0 Å². The molecule has 1 aliphatic heterocycles. The number of hydrogen-bond acceptors (Lipinski definition) is 5. The Balaban J connectivity index is 1.62. The van der Waals surface area contributed by atoms with Crippen LogP contribution in [-0.2, 0) is 4.79 Å². The van der Waals surface area contributed by atoms with Gasteiger partial charge in [-0.05, 0) is 31.0 Å². The largest absolute Gasteiger partial charge is 0.469 e. The summed E-state index contributed by atoms with van der Waals surface area (Å²) in [6.45, 7) is 2.05. The summed E-state index contributed by atoms with van der Waals surface area (Å²) < 4.78 is 7.34. The molecule has 2 aromatic heterocycles. The molecule has 1 aliphatic carbocycles. The van der Waals surface area contributed by atoms with Crippen molar-refractivity contribution in [3.63, 3.8) is 0 Å². The number of aryl methyl sites for hydroxylation is 1. The second kappa shape index (κ2) is 5.69. The van der Waals surface area contributed by atoms with Crippen molar-refractivity contribution in [1.82, 2.24) is 14.8 Å². The maximum Gasteiger partial charge on any atom is 0.226 e. The molecule has 1 N–H and O–H groups in total. The number of anilines is 1. The Hall–Kier alpha value is -3.15. The van der Waals surface area contributed by atoms with Crippen LogP contribution in [0, 0.1) is 6.92 Å². The SMILES string of the molecule is Cc1ccc([C@@H]2C3=C(C[C@@H](c4ccco4)CC3=O)Nc3ncnn32)cc1. The predicted molar refractivity (Wildman–Crippen MR) is 95.7 cm³/mol. The quantitative estimate of drug-likeness (QED) is 0.767. The molecule has 3 aromatic rings. The fraction of sp³-hybridized carbons (Fsp3) is 0.250. The number of furan rings is 1. The van der Waals surface area contributed by atoms with Gasteiger partial charge in [-0.3, -0.25) is 4.79 Å². The van der Waals surface area contributed by atoms with E-state index in [0.717, 1.165) is 29.0 Å². The molecule has 0 radical (unpaired) electrons. The number of carbonyl (C=O) groups excluding carboxylic acids is 1. The van der Waals surface area contributed by atoms with Gasteiger partial charge < -0.3 is 9.73 Å². The molecular formula is C20H18N4O2. The molecule has 26 heavy (non-hydrogen) atoms. The van der Waals surface area contributed by atoms with Crippen molar-refractivity contribution in [1.29, 1.82) is 0 Å². The zero-order chi connectivity index (χ0) is 17.7. The van der Waals surface area contributed by atoms with Crippen LogP contribution >= 0.6 is 0 Å². The highest BCUT2D eigenvalue weighted by atomic mass is 16.3. The monoisotopic (exact) mass is 346 g/mol. The summed E-state index contributed by atoms with van der Waals surface area (Å²) in [6, 6.07) is 11.8. The topological polar surface area (TPSA) is 73.0 Å². The van der Waals surface area contributed by atoms with Gasteiger partial charge in [-0.1, -0.05) is 29.8 Å². The second-order valence-electron chi connectivity index (χ2n) is 6.90. The molecule has 5 rings (SSSR count). The highest BCUT2D eigenvalue weighted by Crippen LogP contribution is 2.43. The van der Waals surface area contributed by atoms with Gasteiger partial charge in [-0.25, -0.2) is 4.68 Å². The third-order valence-corrected chi connectivity index (χ3v) is 5.20. The van der Waals surface area contributed by atoms with Gasteiger partial charge in [0.1, 0.15) is 18.1 Å². The Labute approximate surface area is 150 Å². The Bertz CT molecular complexity index is 999. The van der Waals surface area contributed by atoms with Crippen LogP contribution < -0.4 is 5.32 Å².